The maximum absolute atomic E-state index is 11.8. The molecule has 1 fully saturated rings. The molecule has 0 saturated carbocycles. The van der Waals surface area contributed by atoms with Gasteiger partial charge in [-0.1, -0.05) is 0 Å². The molecule has 2 rings (SSSR count). The molecule has 0 atom stereocenters. The molecule has 18 heavy (non-hydrogen) atoms. The molecule has 0 unspecified atom stereocenters. The molecule has 98 valence electrons. The lowest BCUT2D eigenvalue weighted by atomic mass is 10.3. The fraction of sp³-hybridized carbons (Fsp3) is 0.545. The molecule has 0 spiro atoms. The molecule has 1 aliphatic heterocycles. The SMILES string of the molecule is O=C(NCCC(=O)N1CCOCC1)c1cn[nH]c1. The van der Waals surface area contributed by atoms with Crippen molar-refractivity contribution < 1.29 is 14.3 Å². The van der Waals surface area contributed by atoms with E-state index in [0.717, 1.165) is 0 Å². The highest BCUT2D eigenvalue weighted by Crippen LogP contribution is 2.00. The number of nitrogens with zero attached hydrogens (tertiary/aromatic N) is 2. The Balaban J connectivity index is 1.68. The van der Waals surface area contributed by atoms with Gasteiger partial charge in [-0.25, -0.2) is 0 Å². The number of morpholine rings is 1. The summed E-state index contributed by atoms with van der Waals surface area (Å²) in [7, 11) is 0. The molecule has 2 amide bonds. The highest BCUT2D eigenvalue weighted by molar-refractivity contribution is 5.93. The molecule has 2 heterocycles. The van der Waals surface area contributed by atoms with E-state index in [4.69, 9.17) is 4.74 Å². The van der Waals surface area contributed by atoms with E-state index in [-0.39, 0.29) is 11.8 Å². The molecule has 0 aliphatic carbocycles. The monoisotopic (exact) mass is 252 g/mol. The Kier molecular flexibility index (Phi) is 4.30. The Morgan fingerprint density at radius 2 is 2.22 bits per heavy atom. The number of carbonyl (C=O) groups is 2. The number of hydrogen-bond acceptors (Lipinski definition) is 4. The van der Waals surface area contributed by atoms with E-state index in [9.17, 15) is 9.59 Å². The largest absolute Gasteiger partial charge is 0.378 e. The minimum Gasteiger partial charge on any atom is -0.378 e. The molecule has 1 aliphatic rings. The Labute approximate surface area is 104 Å². The number of hydrogen-bond donors (Lipinski definition) is 2. The van der Waals surface area contributed by atoms with Crippen LogP contribution in [0, 0.1) is 0 Å². The second-order valence-corrected chi connectivity index (χ2v) is 3.99. The van der Waals surface area contributed by atoms with E-state index in [0.29, 0.717) is 44.8 Å². The van der Waals surface area contributed by atoms with Gasteiger partial charge in [-0.15, -0.1) is 0 Å². The van der Waals surface area contributed by atoms with Crippen molar-refractivity contribution in [1.29, 1.82) is 0 Å². The summed E-state index contributed by atoms with van der Waals surface area (Å²) < 4.78 is 5.17. The first-order valence-corrected chi connectivity index (χ1v) is 5.90. The van der Waals surface area contributed by atoms with Crippen LogP contribution in [0.25, 0.3) is 0 Å². The summed E-state index contributed by atoms with van der Waals surface area (Å²) in [6.45, 7) is 2.78. The van der Waals surface area contributed by atoms with Crippen LogP contribution in [0.4, 0.5) is 0 Å². The van der Waals surface area contributed by atoms with Crippen molar-refractivity contribution in [3.05, 3.63) is 18.0 Å². The number of rotatable bonds is 4. The van der Waals surface area contributed by atoms with Crippen LogP contribution in [-0.4, -0.2) is 59.8 Å². The number of carbonyl (C=O) groups excluding carboxylic acids is 2. The summed E-state index contributed by atoms with van der Waals surface area (Å²) in [5.41, 5.74) is 0.467. The zero-order valence-electron chi connectivity index (χ0n) is 10.0. The molecular formula is C11H16N4O3. The molecule has 0 aromatic carbocycles. The van der Waals surface area contributed by atoms with Gasteiger partial charge in [-0.3, -0.25) is 14.7 Å². The normalized spacial score (nSPS) is 15.4. The summed E-state index contributed by atoms with van der Waals surface area (Å²) >= 11 is 0. The number of nitrogens with one attached hydrogen (secondary N) is 2. The molecule has 7 heteroatoms. The molecule has 1 aromatic heterocycles. The fourth-order valence-electron chi connectivity index (χ4n) is 1.73. The molecule has 2 N–H and O–H groups in total. The number of H-pyrrole nitrogens is 1. The van der Waals surface area contributed by atoms with E-state index in [1.165, 1.54) is 12.4 Å². The van der Waals surface area contributed by atoms with Crippen molar-refractivity contribution in [2.24, 2.45) is 0 Å². The fourth-order valence-corrected chi connectivity index (χ4v) is 1.73. The molecule has 1 saturated heterocycles. The predicted molar refractivity (Wildman–Crippen MR) is 62.9 cm³/mol. The highest BCUT2D eigenvalue weighted by Gasteiger charge is 2.16. The van der Waals surface area contributed by atoms with E-state index >= 15 is 0 Å². The lowest BCUT2D eigenvalue weighted by molar-refractivity contribution is -0.135. The van der Waals surface area contributed by atoms with Gasteiger partial charge in [0.25, 0.3) is 5.91 Å². The van der Waals surface area contributed by atoms with Crippen molar-refractivity contribution in [3.8, 4) is 0 Å². The maximum Gasteiger partial charge on any atom is 0.254 e. The zero-order valence-corrected chi connectivity index (χ0v) is 10.0. The molecular weight excluding hydrogens is 236 g/mol. The summed E-state index contributed by atoms with van der Waals surface area (Å²) in [6.07, 6.45) is 3.27. The van der Waals surface area contributed by atoms with E-state index in [1.54, 1.807) is 4.90 Å². The first-order valence-electron chi connectivity index (χ1n) is 5.90. The molecule has 1 aromatic rings. The second kappa shape index (κ2) is 6.15. The average molecular weight is 252 g/mol. The van der Waals surface area contributed by atoms with Crippen LogP contribution in [0.15, 0.2) is 12.4 Å². The Morgan fingerprint density at radius 1 is 1.44 bits per heavy atom. The zero-order chi connectivity index (χ0) is 12.8. The Morgan fingerprint density at radius 3 is 2.89 bits per heavy atom. The van der Waals surface area contributed by atoms with Gasteiger partial charge >= 0.3 is 0 Å². The third-order valence-electron chi connectivity index (χ3n) is 2.75. The van der Waals surface area contributed by atoms with Crippen LogP contribution in [-0.2, 0) is 9.53 Å². The van der Waals surface area contributed by atoms with Gasteiger partial charge in [0.2, 0.25) is 5.91 Å². The van der Waals surface area contributed by atoms with Crippen LogP contribution in [0.3, 0.4) is 0 Å². The molecule has 0 radical (unpaired) electrons. The lowest BCUT2D eigenvalue weighted by Crippen LogP contribution is -2.42. The lowest BCUT2D eigenvalue weighted by Gasteiger charge is -2.26. The number of aromatic nitrogens is 2. The van der Waals surface area contributed by atoms with Gasteiger partial charge < -0.3 is 15.0 Å². The summed E-state index contributed by atoms with van der Waals surface area (Å²) in [5, 5.41) is 8.92. The quantitative estimate of drug-likeness (QED) is 0.748. The van der Waals surface area contributed by atoms with Crippen LogP contribution < -0.4 is 5.32 Å². The van der Waals surface area contributed by atoms with Crippen molar-refractivity contribution in [2.75, 3.05) is 32.8 Å². The van der Waals surface area contributed by atoms with Gasteiger partial charge in [-0.2, -0.15) is 5.10 Å². The first kappa shape index (κ1) is 12.6. The van der Waals surface area contributed by atoms with Gasteiger partial charge in [0.15, 0.2) is 0 Å². The van der Waals surface area contributed by atoms with Crippen LogP contribution in [0.2, 0.25) is 0 Å². The first-order chi connectivity index (χ1) is 8.77. The maximum atomic E-state index is 11.8. The van der Waals surface area contributed by atoms with Crippen LogP contribution >= 0.6 is 0 Å². The number of ether oxygens (including phenoxy) is 1. The van der Waals surface area contributed by atoms with Crippen molar-refractivity contribution in [3.63, 3.8) is 0 Å². The Hall–Kier alpha value is -1.89. The third-order valence-corrected chi connectivity index (χ3v) is 2.75. The number of aromatic amines is 1. The predicted octanol–water partition coefficient (Wildman–Crippen LogP) is -0.612. The minimum atomic E-state index is -0.224. The molecule has 0 bridgehead atoms. The summed E-state index contributed by atoms with van der Waals surface area (Å²) in [6, 6.07) is 0. The number of amides is 2. The van der Waals surface area contributed by atoms with Gasteiger partial charge in [0, 0.05) is 32.3 Å². The highest BCUT2D eigenvalue weighted by atomic mass is 16.5. The standard InChI is InChI=1S/C11H16N4O3/c16-10(15-3-5-18-6-4-15)1-2-12-11(17)9-7-13-14-8-9/h7-8H,1-6H2,(H,12,17)(H,13,14). The van der Waals surface area contributed by atoms with Crippen molar-refractivity contribution >= 4 is 11.8 Å². The van der Waals surface area contributed by atoms with E-state index in [1.807, 2.05) is 0 Å². The van der Waals surface area contributed by atoms with Crippen molar-refractivity contribution in [2.45, 2.75) is 6.42 Å². The van der Waals surface area contributed by atoms with E-state index < -0.39 is 0 Å². The smallest absolute Gasteiger partial charge is 0.254 e. The summed E-state index contributed by atoms with van der Waals surface area (Å²) in [4.78, 5) is 25.1. The second-order valence-electron chi connectivity index (χ2n) is 3.99. The average Bonchev–Trinajstić information content (AvgIpc) is 2.93. The van der Waals surface area contributed by atoms with Crippen LogP contribution in [0.5, 0.6) is 0 Å². The molecule has 7 nitrogen and oxygen atoms in total. The summed E-state index contributed by atoms with van der Waals surface area (Å²) in [5.74, 6) is -0.177. The van der Waals surface area contributed by atoms with Gasteiger partial charge in [0.1, 0.15) is 0 Å². The van der Waals surface area contributed by atoms with Crippen molar-refractivity contribution in [1.82, 2.24) is 20.4 Å². The topological polar surface area (TPSA) is 87.3 Å². The van der Waals surface area contributed by atoms with E-state index in [2.05, 4.69) is 15.5 Å². The van der Waals surface area contributed by atoms with Gasteiger partial charge in [-0.05, 0) is 0 Å². The third kappa shape index (κ3) is 3.30. The minimum absolute atomic E-state index is 0.0470. The van der Waals surface area contributed by atoms with Crippen LogP contribution in [0.1, 0.15) is 16.8 Å². The Bertz CT molecular complexity index is 398. The van der Waals surface area contributed by atoms with Gasteiger partial charge in [0.05, 0.1) is 25.0 Å².